The lowest BCUT2D eigenvalue weighted by Crippen LogP contribution is -2.30. The van der Waals surface area contributed by atoms with E-state index in [-0.39, 0.29) is 0 Å². The molecule has 3 rings (SSSR count). The van der Waals surface area contributed by atoms with Crippen LogP contribution in [-0.4, -0.2) is 34.2 Å². The molecule has 0 amide bonds. The van der Waals surface area contributed by atoms with E-state index in [2.05, 4.69) is 22.0 Å². The van der Waals surface area contributed by atoms with Crippen molar-refractivity contribution in [1.29, 1.82) is 0 Å². The number of hydrogen-bond donors (Lipinski definition) is 0. The van der Waals surface area contributed by atoms with Crippen LogP contribution in [0.4, 0.5) is 5.95 Å². The highest BCUT2D eigenvalue weighted by molar-refractivity contribution is 7.99. The first kappa shape index (κ1) is 14.4. The highest BCUT2D eigenvalue weighted by atomic mass is 32.2. The van der Waals surface area contributed by atoms with Crippen molar-refractivity contribution in [1.82, 2.24) is 10.1 Å². The van der Waals surface area contributed by atoms with Crippen LogP contribution in [0.5, 0.6) is 0 Å². The lowest BCUT2D eigenvalue weighted by molar-refractivity contribution is 0.429. The molecule has 2 aromatic rings. The Balaban J connectivity index is 1.75. The number of benzene rings is 1. The first-order valence-corrected chi connectivity index (χ1v) is 8.67. The predicted molar refractivity (Wildman–Crippen MR) is 87.7 cm³/mol. The van der Waals surface area contributed by atoms with Gasteiger partial charge in [0.1, 0.15) is 0 Å². The minimum absolute atomic E-state index is 0.606. The number of anilines is 1. The highest BCUT2D eigenvalue weighted by Gasteiger charge is 2.22. The fraction of sp³-hybridized carbons (Fsp3) is 0.500. The molecule has 0 N–H and O–H groups in total. The lowest BCUT2D eigenvalue weighted by atomic mass is 10.2. The molecule has 1 aliphatic heterocycles. The lowest BCUT2D eigenvalue weighted by Gasteiger charge is -2.21. The molecule has 1 aliphatic rings. The van der Waals surface area contributed by atoms with Gasteiger partial charge in [0.25, 0.3) is 11.8 Å². The third-order valence-corrected chi connectivity index (χ3v) is 4.94. The van der Waals surface area contributed by atoms with Crippen LogP contribution in [0.25, 0.3) is 11.5 Å². The summed E-state index contributed by atoms with van der Waals surface area (Å²) in [4.78, 5) is 6.85. The van der Waals surface area contributed by atoms with Crippen molar-refractivity contribution in [3.8, 4) is 11.5 Å². The van der Waals surface area contributed by atoms with Crippen LogP contribution < -0.4 is 4.90 Å². The van der Waals surface area contributed by atoms with Gasteiger partial charge in [-0.1, -0.05) is 31.5 Å². The van der Waals surface area contributed by atoms with Gasteiger partial charge in [-0.15, -0.1) is 0 Å². The number of hydrogen-bond acceptors (Lipinski definition) is 5. The van der Waals surface area contributed by atoms with E-state index in [4.69, 9.17) is 4.52 Å². The Labute approximate surface area is 129 Å². The molecule has 1 aromatic heterocycles. The van der Waals surface area contributed by atoms with E-state index in [1.54, 1.807) is 0 Å². The topological polar surface area (TPSA) is 42.2 Å². The summed E-state index contributed by atoms with van der Waals surface area (Å²) in [6.45, 7) is 4.27. The molecule has 1 saturated heterocycles. The summed E-state index contributed by atoms with van der Waals surface area (Å²) in [5.74, 6) is 2.51. The fourth-order valence-electron chi connectivity index (χ4n) is 2.70. The third kappa shape index (κ3) is 3.59. The van der Waals surface area contributed by atoms with Crippen LogP contribution in [-0.2, 0) is 0 Å². The van der Waals surface area contributed by atoms with E-state index in [0.717, 1.165) is 24.6 Å². The largest absolute Gasteiger partial charge is 0.337 e. The summed E-state index contributed by atoms with van der Waals surface area (Å²) < 4.78 is 5.43. The maximum absolute atomic E-state index is 5.43. The van der Waals surface area contributed by atoms with Crippen molar-refractivity contribution in [2.24, 2.45) is 0 Å². The minimum Gasteiger partial charge on any atom is -0.337 e. The first-order chi connectivity index (χ1) is 10.4. The van der Waals surface area contributed by atoms with Gasteiger partial charge < -0.3 is 9.42 Å². The van der Waals surface area contributed by atoms with E-state index >= 15 is 0 Å². The Morgan fingerprint density at radius 1 is 1.29 bits per heavy atom. The second-order valence-electron chi connectivity index (χ2n) is 5.28. The van der Waals surface area contributed by atoms with Gasteiger partial charge in [-0.2, -0.15) is 16.7 Å². The molecule has 5 heteroatoms. The molecule has 1 unspecified atom stereocenters. The molecule has 0 saturated carbocycles. The molecular weight excluding hydrogens is 282 g/mol. The van der Waals surface area contributed by atoms with Crippen molar-refractivity contribution in [2.75, 3.05) is 23.7 Å². The number of thioether (sulfide) groups is 1. The quantitative estimate of drug-likeness (QED) is 0.858. The number of aromatic nitrogens is 2. The van der Waals surface area contributed by atoms with Gasteiger partial charge >= 0.3 is 0 Å². The summed E-state index contributed by atoms with van der Waals surface area (Å²) in [6, 6.07) is 9.95. The van der Waals surface area contributed by atoms with Crippen LogP contribution in [0, 0.1) is 0 Å². The molecule has 0 radical (unpaired) electrons. The molecule has 0 bridgehead atoms. The second-order valence-corrected chi connectivity index (χ2v) is 6.86. The normalized spacial score (nSPS) is 19.5. The van der Waals surface area contributed by atoms with E-state index in [1.807, 2.05) is 42.1 Å². The summed E-state index contributed by atoms with van der Waals surface area (Å²) in [5.41, 5.74) is 0.977. The highest BCUT2D eigenvalue weighted by Crippen LogP contribution is 2.26. The number of nitrogens with zero attached hydrogens (tertiary/aromatic N) is 3. The standard InChI is InChI=1S/C16H21N3OS/c1-2-21-14-10-6-7-11-19(12-14)16-17-15(20-18-16)13-8-4-3-5-9-13/h3-5,8-9,14H,2,6-7,10-12H2,1H3. The first-order valence-electron chi connectivity index (χ1n) is 7.62. The molecule has 4 nitrogen and oxygen atoms in total. The van der Waals surface area contributed by atoms with Gasteiger partial charge in [-0.25, -0.2) is 0 Å². The van der Waals surface area contributed by atoms with Crippen LogP contribution in [0.1, 0.15) is 26.2 Å². The van der Waals surface area contributed by atoms with Gasteiger partial charge in [-0.3, -0.25) is 0 Å². The molecule has 0 spiro atoms. The van der Waals surface area contributed by atoms with Crippen molar-refractivity contribution < 1.29 is 4.52 Å². The summed E-state index contributed by atoms with van der Waals surface area (Å²) in [7, 11) is 0. The molecule has 1 fully saturated rings. The maximum atomic E-state index is 5.43. The van der Waals surface area contributed by atoms with Crippen molar-refractivity contribution in [2.45, 2.75) is 31.4 Å². The zero-order chi connectivity index (χ0) is 14.5. The van der Waals surface area contributed by atoms with Crippen molar-refractivity contribution >= 4 is 17.7 Å². The van der Waals surface area contributed by atoms with Crippen molar-refractivity contribution in [3.63, 3.8) is 0 Å². The molecule has 112 valence electrons. The molecular formula is C16H21N3OS. The maximum Gasteiger partial charge on any atom is 0.266 e. The Kier molecular flexibility index (Phi) is 4.80. The zero-order valence-electron chi connectivity index (χ0n) is 12.4. The Morgan fingerprint density at radius 3 is 2.95 bits per heavy atom. The van der Waals surface area contributed by atoms with E-state index < -0.39 is 0 Å². The smallest absolute Gasteiger partial charge is 0.266 e. The van der Waals surface area contributed by atoms with E-state index in [1.165, 1.54) is 25.0 Å². The monoisotopic (exact) mass is 303 g/mol. The molecule has 2 heterocycles. The summed E-state index contributed by atoms with van der Waals surface area (Å²) >= 11 is 2.04. The Hall–Kier alpha value is -1.49. The van der Waals surface area contributed by atoms with E-state index in [9.17, 15) is 0 Å². The van der Waals surface area contributed by atoms with Crippen LogP contribution >= 0.6 is 11.8 Å². The van der Waals surface area contributed by atoms with Crippen LogP contribution in [0.3, 0.4) is 0 Å². The molecule has 21 heavy (non-hydrogen) atoms. The average Bonchev–Trinajstić information content (AvgIpc) is 2.90. The van der Waals surface area contributed by atoms with E-state index in [0.29, 0.717) is 11.1 Å². The van der Waals surface area contributed by atoms with Gasteiger partial charge in [0.15, 0.2) is 0 Å². The second kappa shape index (κ2) is 6.98. The predicted octanol–water partition coefficient (Wildman–Crippen LogP) is 3.85. The SMILES string of the molecule is CCSC1CCCCN(c2noc(-c3ccccc3)n2)C1. The Morgan fingerprint density at radius 2 is 2.14 bits per heavy atom. The average molecular weight is 303 g/mol. The summed E-state index contributed by atoms with van der Waals surface area (Å²) in [6.07, 6.45) is 3.78. The van der Waals surface area contributed by atoms with Crippen LogP contribution in [0.15, 0.2) is 34.9 Å². The van der Waals surface area contributed by atoms with Gasteiger partial charge in [-0.05, 0) is 35.9 Å². The number of rotatable bonds is 4. The Bertz CT molecular complexity index is 558. The van der Waals surface area contributed by atoms with Gasteiger partial charge in [0, 0.05) is 23.9 Å². The minimum atomic E-state index is 0.606. The van der Waals surface area contributed by atoms with Crippen molar-refractivity contribution in [3.05, 3.63) is 30.3 Å². The van der Waals surface area contributed by atoms with Gasteiger partial charge in [0.2, 0.25) is 0 Å². The zero-order valence-corrected chi connectivity index (χ0v) is 13.2. The van der Waals surface area contributed by atoms with Crippen LogP contribution in [0.2, 0.25) is 0 Å². The molecule has 1 atom stereocenters. The summed E-state index contributed by atoms with van der Waals surface area (Å²) in [5, 5.41) is 4.86. The fourth-order valence-corrected chi connectivity index (χ4v) is 3.79. The molecule has 0 aliphatic carbocycles. The molecule has 1 aromatic carbocycles. The van der Waals surface area contributed by atoms with Gasteiger partial charge in [0.05, 0.1) is 0 Å². The third-order valence-electron chi connectivity index (χ3n) is 3.75.